The van der Waals surface area contributed by atoms with E-state index in [0.717, 1.165) is 32.8 Å². The largest absolute Gasteiger partial charge is 0.494 e. The molecule has 2 aromatic rings. The lowest BCUT2D eigenvalue weighted by Gasteiger charge is -2.19. The van der Waals surface area contributed by atoms with E-state index in [-0.39, 0.29) is 12.5 Å². The Labute approximate surface area is 156 Å². The number of rotatable bonds is 9. The van der Waals surface area contributed by atoms with Crippen molar-refractivity contribution in [2.45, 2.75) is 30.7 Å². The summed E-state index contributed by atoms with van der Waals surface area (Å²) in [4.78, 5) is 12.7. The van der Waals surface area contributed by atoms with Gasteiger partial charge in [-0.3, -0.25) is 4.79 Å². The number of likely N-dealkylation sites (N-methyl/N-ethyl adjacent to an activating group) is 1. The Kier molecular flexibility index (Phi) is 7.67. The number of benzene rings is 1. The molecule has 25 heavy (non-hydrogen) atoms. The maximum Gasteiger partial charge on any atom is 0.219 e. The minimum absolute atomic E-state index is 0.0689. The van der Waals surface area contributed by atoms with Crippen LogP contribution in [0.15, 0.2) is 28.6 Å². The molecule has 1 N–H and O–H groups in total. The molecule has 1 heterocycles. The van der Waals surface area contributed by atoms with Gasteiger partial charge in [-0.15, -0.1) is 10.2 Å². The van der Waals surface area contributed by atoms with E-state index in [1.54, 1.807) is 30.1 Å². The molecule has 6 nitrogen and oxygen atoms in total. The van der Waals surface area contributed by atoms with Crippen LogP contribution in [0.25, 0.3) is 0 Å². The Morgan fingerprint density at radius 2 is 2.08 bits per heavy atom. The van der Waals surface area contributed by atoms with E-state index in [2.05, 4.69) is 10.2 Å². The van der Waals surface area contributed by atoms with Gasteiger partial charge < -0.3 is 14.7 Å². The number of carbonyl (C=O) groups is 1. The van der Waals surface area contributed by atoms with E-state index in [1.165, 1.54) is 11.8 Å². The molecular formula is C17H23N3O3S2. The summed E-state index contributed by atoms with van der Waals surface area (Å²) in [7, 11) is 1.67. The second-order valence-corrected chi connectivity index (χ2v) is 8.15. The molecule has 0 bridgehead atoms. The van der Waals surface area contributed by atoms with Crippen LogP contribution in [0.2, 0.25) is 0 Å². The van der Waals surface area contributed by atoms with Gasteiger partial charge in [0.2, 0.25) is 5.91 Å². The van der Waals surface area contributed by atoms with E-state index < -0.39 is 6.10 Å². The Morgan fingerprint density at radius 3 is 2.68 bits per heavy atom. The van der Waals surface area contributed by atoms with Crippen molar-refractivity contribution in [3.05, 3.63) is 34.8 Å². The number of nitrogens with zero attached hydrogens (tertiary/aromatic N) is 3. The maximum atomic E-state index is 11.2. The molecule has 0 saturated heterocycles. The van der Waals surface area contributed by atoms with Crippen LogP contribution >= 0.6 is 23.1 Å². The molecule has 0 aliphatic heterocycles. The molecule has 0 radical (unpaired) electrons. The topological polar surface area (TPSA) is 75.6 Å². The number of thioether (sulfide) groups is 1. The third-order valence-electron chi connectivity index (χ3n) is 3.54. The highest BCUT2D eigenvalue weighted by Crippen LogP contribution is 2.23. The standard InChI is InChI=1S/C17H23N3O3S2/c1-12-18-19-17(25-12)24-10-4-9-23-15-7-5-14(6-8-15)16(22)11-20(3)13(2)21/h5-8,16,22H,4,9-11H2,1-3H3/t16-/m0/s1. The number of aromatic nitrogens is 2. The molecule has 8 heteroatoms. The van der Waals surface area contributed by atoms with Crippen LogP contribution < -0.4 is 4.74 Å². The van der Waals surface area contributed by atoms with Crippen LogP contribution in [0.3, 0.4) is 0 Å². The fourth-order valence-electron chi connectivity index (χ4n) is 2.02. The van der Waals surface area contributed by atoms with Crippen molar-refractivity contribution in [2.75, 3.05) is 26.0 Å². The smallest absolute Gasteiger partial charge is 0.219 e. The lowest BCUT2D eigenvalue weighted by molar-refractivity contribution is -0.128. The minimum Gasteiger partial charge on any atom is -0.494 e. The van der Waals surface area contributed by atoms with Crippen LogP contribution in [-0.2, 0) is 4.79 Å². The number of aliphatic hydroxyl groups excluding tert-OH is 1. The van der Waals surface area contributed by atoms with Crippen LogP contribution in [0.4, 0.5) is 0 Å². The molecule has 1 aromatic carbocycles. The van der Waals surface area contributed by atoms with Crippen LogP contribution in [0, 0.1) is 6.92 Å². The fourth-order valence-corrected chi connectivity index (χ4v) is 3.82. The average molecular weight is 382 g/mol. The average Bonchev–Trinajstić information content (AvgIpc) is 3.00. The molecule has 0 spiro atoms. The minimum atomic E-state index is -0.699. The van der Waals surface area contributed by atoms with Gasteiger partial charge in [0.15, 0.2) is 4.34 Å². The first-order chi connectivity index (χ1) is 12.0. The molecule has 0 aliphatic carbocycles. The number of amides is 1. The summed E-state index contributed by atoms with van der Waals surface area (Å²) < 4.78 is 6.70. The quantitative estimate of drug-likeness (QED) is 0.532. The molecule has 1 atom stereocenters. The summed E-state index contributed by atoms with van der Waals surface area (Å²) in [5.74, 6) is 1.64. The first kappa shape index (κ1) is 19.7. The number of aliphatic hydroxyl groups is 1. The summed E-state index contributed by atoms with van der Waals surface area (Å²) >= 11 is 3.29. The van der Waals surface area contributed by atoms with Gasteiger partial charge in [-0.1, -0.05) is 35.2 Å². The van der Waals surface area contributed by atoms with Crippen molar-refractivity contribution < 1.29 is 14.6 Å². The Balaban J connectivity index is 1.70. The highest BCUT2D eigenvalue weighted by Gasteiger charge is 2.12. The third-order valence-corrected chi connectivity index (χ3v) is 5.60. The summed E-state index contributed by atoms with van der Waals surface area (Å²) in [6, 6.07) is 7.33. The second kappa shape index (κ2) is 9.74. The molecular weight excluding hydrogens is 358 g/mol. The van der Waals surface area contributed by atoms with Gasteiger partial charge in [-0.05, 0) is 31.0 Å². The van der Waals surface area contributed by atoms with Gasteiger partial charge in [-0.2, -0.15) is 0 Å². The van der Waals surface area contributed by atoms with Gasteiger partial charge in [0.25, 0.3) is 0 Å². The SMILES string of the molecule is CC(=O)N(C)C[C@H](O)c1ccc(OCCCSc2nnc(C)s2)cc1. The zero-order valence-electron chi connectivity index (χ0n) is 14.6. The van der Waals surface area contributed by atoms with E-state index in [0.29, 0.717) is 6.61 Å². The van der Waals surface area contributed by atoms with Gasteiger partial charge in [0.1, 0.15) is 10.8 Å². The summed E-state index contributed by atoms with van der Waals surface area (Å²) in [5, 5.41) is 19.2. The number of aryl methyl sites for hydroxylation is 1. The fraction of sp³-hybridized carbons (Fsp3) is 0.471. The van der Waals surface area contributed by atoms with E-state index >= 15 is 0 Å². The first-order valence-electron chi connectivity index (χ1n) is 8.01. The third kappa shape index (κ3) is 6.64. The predicted octanol–water partition coefficient (Wildman–Crippen LogP) is 2.92. The number of ether oxygens (including phenoxy) is 1. The Morgan fingerprint density at radius 1 is 1.36 bits per heavy atom. The van der Waals surface area contributed by atoms with Crippen molar-refractivity contribution in [2.24, 2.45) is 0 Å². The van der Waals surface area contributed by atoms with Crippen molar-refractivity contribution in [1.29, 1.82) is 0 Å². The highest BCUT2D eigenvalue weighted by atomic mass is 32.2. The summed E-state index contributed by atoms with van der Waals surface area (Å²) in [5.41, 5.74) is 0.766. The predicted molar refractivity (Wildman–Crippen MR) is 100 cm³/mol. The molecule has 0 saturated carbocycles. The van der Waals surface area contributed by atoms with E-state index in [1.807, 2.05) is 31.2 Å². The summed E-state index contributed by atoms with van der Waals surface area (Å²) in [6.45, 7) is 4.33. The van der Waals surface area contributed by atoms with Crippen LogP contribution in [0.5, 0.6) is 5.75 Å². The maximum absolute atomic E-state index is 11.2. The molecule has 1 aromatic heterocycles. The lowest BCUT2D eigenvalue weighted by Crippen LogP contribution is -2.28. The van der Waals surface area contributed by atoms with Crippen LogP contribution in [0.1, 0.15) is 30.0 Å². The van der Waals surface area contributed by atoms with Crippen molar-refractivity contribution in [3.63, 3.8) is 0 Å². The molecule has 2 rings (SSSR count). The van der Waals surface area contributed by atoms with Crippen molar-refractivity contribution >= 4 is 29.0 Å². The van der Waals surface area contributed by atoms with Crippen LogP contribution in [-0.4, -0.2) is 52.1 Å². The van der Waals surface area contributed by atoms with Gasteiger partial charge >= 0.3 is 0 Å². The number of carbonyl (C=O) groups excluding carboxylic acids is 1. The highest BCUT2D eigenvalue weighted by molar-refractivity contribution is 8.01. The normalized spacial score (nSPS) is 12.0. The van der Waals surface area contributed by atoms with E-state index in [9.17, 15) is 9.90 Å². The first-order valence-corrected chi connectivity index (χ1v) is 9.81. The summed E-state index contributed by atoms with van der Waals surface area (Å²) in [6.07, 6.45) is 0.214. The van der Waals surface area contributed by atoms with Gasteiger partial charge in [0.05, 0.1) is 19.3 Å². The molecule has 1 amide bonds. The molecule has 0 fully saturated rings. The zero-order valence-corrected chi connectivity index (χ0v) is 16.3. The Bertz CT molecular complexity index is 676. The van der Waals surface area contributed by atoms with Crippen molar-refractivity contribution in [1.82, 2.24) is 15.1 Å². The zero-order chi connectivity index (χ0) is 18.2. The van der Waals surface area contributed by atoms with Gasteiger partial charge in [0, 0.05) is 19.7 Å². The molecule has 0 unspecified atom stereocenters. The van der Waals surface area contributed by atoms with Crippen molar-refractivity contribution in [3.8, 4) is 5.75 Å². The van der Waals surface area contributed by atoms with E-state index in [4.69, 9.17) is 4.74 Å². The second-order valence-electron chi connectivity index (χ2n) is 5.62. The number of hydrogen-bond acceptors (Lipinski definition) is 7. The molecule has 136 valence electrons. The van der Waals surface area contributed by atoms with Gasteiger partial charge in [-0.25, -0.2) is 0 Å². The number of hydrogen-bond donors (Lipinski definition) is 1. The lowest BCUT2D eigenvalue weighted by atomic mass is 10.1. The molecule has 0 aliphatic rings. The monoisotopic (exact) mass is 381 g/mol. The Hall–Kier alpha value is -1.64.